The van der Waals surface area contributed by atoms with E-state index in [-0.39, 0.29) is 11.8 Å². The number of nitrogens with zero attached hydrogens (tertiary/aromatic N) is 1. The van der Waals surface area contributed by atoms with Crippen LogP contribution in [0.1, 0.15) is 6.42 Å². The number of anilines is 1. The minimum absolute atomic E-state index is 0.0733. The molecule has 1 atom stereocenters. The molecular formula is C15H19NO4. The summed E-state index contributed by atoms with van der Waals surface area (Å²) in [5, 5.41) is 0. The minimum atomic E-state index is 0.0733. The fraction of sp³-hybridized carbons (Fsp3) is 0.400. The van der Waals surface area contributed by atoms with Crippen molar-refractivity contribution in [2.45, 2.75) is 6.42 Å². The first-order valence-corrected chi connectivity index (χ1v) is 6.37. The van der Waals surface area contributed by atoms with Crippen LogP contribution in [0.3, 0.4) is 0 Å². The molecule has 0 saturated carbocycles. The molecule has 5 heteroatoms. The van der Waals surface area contributed by atoms with Gasteiger partial charge in [-0.3, -0.25) is 4.79 Å². The maximum Gasteiger partial charge on any atom is 0.227 e. The predicted molar refractivity (Wildman–Crippen MR) is 76.8 cm³/mol. The Hall–Kier alpha value is -2.17. The summed E-state index contributed by atoms with van der Waals surface area (Å²) in [5.41, 5.74) is 0.744. The quantitative estimate of drug-likeness (QED) is 0.775. The van der Waals surface area contributed by atoms with E-state index in [1.54, 1.807) is 38.4 Å². The molecule has 0 bridgehead atoms. The van der Waals surface area contributed by atoms with Crippen molar-refractivity contribution < 1.29 is 19.0 Å². The molecule has 1 aliphatic rings. The molecule has 0 N–H and O–H groups in total. The van der Waals surface area contributed by atoms with Crippen LogP contribution in [-0.2, 0) is 4.79 Å². The van der Waals surface area contributed by atoms with Gasteiger partial charge >= 0.3 is 0 Å². The van der Waals surface area contributed by atoms with E-state index in [1.807, 2.05) is 6.08 Å². The van der Waals surface area contributed by atoms with E-state index >= 15 is 0 Å². The van der Waals surface area contributed by atoms with Crippen molar-refractivity contribution in [2.75, 3.05) is 32.8 Å². The minimum Gasteiger partial charge on any atom is -0.493 e. The second kappa shape index (κ2) is 5.86. The zero-order valence-electron chi connectivity index (χ0n) is 12.0. The second-order valence-corrected chi connectivity index (χ2v) is 4.59. The van der Waals surface area contributed by atoms with Crippen LogP contribution < -0.4 is 19.1 Å². The monoisotopic (exact) mass is 277 g/mol. The van der Waals surface area contributed by atoms with Crippen LogP contribution in [0.15, 0.2) is 24.8 Å². The zero-order chi connectivity index (χ0) is 14.7. The molecule has 1 saturated heterocycles. The highest BCUT2D eigenvalue weighted by Gasteiger charge is 2.30. The van der Waals surface area contributed by atoms with E-state index in [9.17, 15) is 4.79 Å². The first-order valence-electron chi connectivity index (χ1n) is 6.37. The molecule has 1 aromatic carbocycles. The summed E-state index contributed by atoms with van der Waals surface area (Å²) in [6.45, 7) is 4.38. The summed E-state index contributed by atoms with van der Waals surface area (Å²) in [6.07, 6.45) is 2.30. The number of amides is 1. The third-order valence-electron chi connectivity index (χ3n) is 3.45. The standard InChI is InChI=1S/C15H19NO4/c1-5-10-6-14(17)16(9-10)11-7-12(18-2)15(20-4)13(8-11)19-3/h5,7-8,10H,1,6,9H2,2-4H3. The Morgan fingerprint density at radius 3 is 2.20 bits per heavy atom. The Bertz CT molecular complexity index is 502. The third kappa shape index (κ3) is 2.43. The van der Waals surface area contributed by atoms with Gasteiger partial charge in [0.1, 0.15) is 0 Å². The summed E-state index contributed by atoms with van der Waals surface area (Å²) in [6, 6.07) is 3.56. The van der Waals surface area contributed by atoms with E-state index in [0.29, 0.717) is 30.2 Å². The molecule has 20 heavy (non-hydrogen) atoms. The van der Waals surface area contributed by atoms with Crippen LogP contribution in [0.2, 0.25) is 0 Å². The van der Waals surface area contributed by atoms with Gasteiger partial charge in [-0.1, -0.05) is 6.08 Å². The number of carbonyl (C=O) groups is 1. The highest BCUT2D eigenvalue weighted by Crippen LogP contribution is 2.42. The molecule has 1 fully saturated rings. The molecule has 0 spiro atoms. The van der Waals surface area contributed by atoms with Gasteiger partial charge in [-0.05, 0) is 0 Å². The van der Waals surface area contributed by atoms with Gasteiger partial charge in [0.15, 0.2) is 11.5 Å². The molecule has 1 heterocycles. The number of rotatable bonds is 5. The molecule has 1 amide bonds. The Morgan fingerprint density at radius 2 is 1.80 bits per heavy atom. The lowest BCUT2D eigenvalue weighted by Gasteiger charge is -2.20. The number of ether oxygens (including phenoxy) is 3. The van der Waals surface area contributed by atoms with Crippen molar-refractivity contribution >= 4 is 11.6 Å². The first kappa shape index (κ1) is 14.2. The maximum absolute atomic E-state index is 12.1. The third-order valence-corrected chi connectivity index (χ3v) is 3.45. The maximum atomic E-state index is 12.1. The molecule has 2 rings (SSSR count). The van der Waals surface area contributed by atoms with Gasteiger partial charge in [0.2, 0.25) is 11.7 Å². The van der Waals surface area contributed by atoms with Crippen molar-refractivity contribution in [1.82, 2.24) is 0 Å². The van der Waals surface area contributed by atoms with Crippen LogP contribution in [0.4, 0.5) is 5.69 Å². The largest absolute Gasteiger partial charge is 0.493 e. The van der Waals surface area contributed by atoms with Crippen LogP contribution in [0.25, 0.3) is 0 Å². The van der Waals surface area contributed by atoms with E-state index in [0.717, 1.165) is 5.69 Å². The van der Waals surface area contributed by atoms with Gasteiger partial charge in [0.05, 0.1) is 27.0 Å². The Kier molecular flexibility index (Phi) is 4.17. The number of benzene rings is 1. The number of methoxy groups -OCH3 is 3. The van der Waals surface area contributed by atoms with Gasteiger partial charge in [-0.25, -0.2) is 0 Å². The van der Waals surface area contributed by atoms with Crippen LogP contribution in [-0.4, -0.2) is 33.8 Å². The first-order chi connectivity index (χ1) is 9.64. The summed E-state index contributed by atoms with van der Waals surface area (Å²) < 4.78 is 15.9. The van der Waals surface area contributed by atoms with Gasteiger partial charge in [0.25, 0.3) is 0 Å². The molecule has 0 aromatic heterocycles. The van der Waals surface area contributed by atoms with Gasteiger partial charge < -0.3 is 19.1 Å². The van der Waals surface area contributed by atoms with Crippen molar-refractivity contribution in [3.8, 4) is 17.2 Å². The lowest BCUT2D eigenvalue weighted by atomic mass is 10.1. The van der Waals surface area contributed by atoms with E-state index < -0.39 is 0 Å². The predicted octanol–water partition coefficient (Wildman–Crippen LogP) is 2.25. The average Bonchev–Trinajstić information content (AvgIpc) is 2.86. The number of carbonyl (C=O) groups excluding carboxylic acids is 1. The molecule has 5 nitrogen and oxygen atoms in total. The molecule has 1 aromatic rings. The SMILES string of the molecule is C=CC1CC(=O)N(c2cc(OC)c(OC)c(OC)c2)C1. The van der Waals surface area contributed by atoms with Gasteiger partial charge in [0, 0.05) is 31.0 Å². The van der Waals surface area contributed by atoms with Crippen LogP contribution in [0.5, 0.6) is 17.2 Å². The van der Waals surface area contributed by atoms with E-state index in [4.69, 9.17) is 14.2 Å². The van der Waals surface area contributed by atoms with Crippen LogP contribution >= 0.6 is 0 Å². The zero-order valence-corrected chi connectivity index (χ0v) is 12.0. The average molecular weight is 277 g/mol. The molecule has 0 radical (unpaired) electrons. The van der Waals surface area contributed by atoms with Gasteiger partial charge in [-0.15, -0.1) is 6.58 Å². The lowest BCUT2D eigenvalue weighted by Crippen LogP contribution is -2.24. The highest BCUT2D eigenvalue weighted by atomic mass is 16.5. The van der Waals surface area contributed by atoms with E-state index in [1.165, 1.54) is 0 Å². The van der Waals surface area contributed by atoms with Crippen LogP contribution in [0, 0.1) is 5.92 Å². The Balaban J connectivity index is 2.42. The summed E-state index contributed by atoms with van der Waals surface area (Å²) in [5.74, 6) is 1.85. The lowest BCUT2D eigenvalue weighted by molar-refractivity contribution is -0.117. The molecule has 1 unspecified atom stereocenters. The Labute approximate surface area is 118 Å². The summed E-state index contributed by atoms with van der Waals surface area (Å²) in [7, 11) is 4.66. The fourth-order valence-electron chi connectivity index (χ4n) is 2.37. The number of hydrogen-bond donors (Lipinski definition) is 0. The van der Waals surface area contributed by atoms with Crippen molar-refractivity contribution in [3.05, 3.63) is 24.8 Å². The molecular weight excluding hydrogens is 258 g/mol. The Morgan fingerprint density at radius 1 is 1.20 bits per heavy atom. The topological polar surface area (TPSA) is 48.0 Å². The highest BCUT2D eigenvalue weighted by molar-refractivity contribution is 5.96. The normalized spacial score (nSPS) is 18.1. The second-order valence-electron chi connectivity index (χ2n) is 4.59. The fourth-order valence-corrected chi connectivity index (χ4v) is 2.37. The molecule has 1 aliphatic heterocycles. The van der Waals surface area contributed by atoms with Gasteiger partial charge in [-0.2, -0.15) is 0 Å². The van der Waals surface area contributed by atoms with Crippen molar-refractivity contribution in [1.29, 1.82) is 0 Å². The summed E-state index contributed by atoms with van der Waals surface area (Å²) in [4.78, 5) is 13.8. The van der Waals surface area contributed by atoms with Crippen molar-refractivity contribution in [2.24, 2.45) is 5.92 Å². The summed E-state index contributed by atoms with van der Waals surface area (Å²) >= 11 is 0. The molecule has 0 aliphatic carbocycles. The van der Waals surface area contributed by atoms with Crippen molar-refractivity contribution in [3.63, 3.8) is 0 Å². The molecule has 108 valence electrons. The number of hydrogen-bond acceptors (Lipinski definition) is 4. The smallest absolute Gasteiger partial charge is 0.227 e. The van der Waals surface area contributed by atoms with E-state index in [2.05, 4.69) is 6.58 Å².